The minimum absolute atomic E-state index is 0.131. The van der Waals surface area contributed by atoms with Crippen molar-refractivity contribution >= 4 is 5.91 Å². The average molecular weight is 330 g/mol. The molecule has 3 rings (SSSR count). The zero-order chi connectivity index (χ0) is 17.5. The van der Waals surface area contributed by atoms with E-state index in [4.69, 9.17) is 0 Å². The lowest BCUT2D eigenvalue weighted by Crippen LogP contribution is -2.32. The first-order valence-electron chi connectivity index (χ1n) is 8.47. The Bertz CT molecular complexity index is 788. The van der Waals surface area contributed by atoms with Gasteiger partial charge in [-0.25, -0.2) is 0 Å². The van der Waals surface area contributed by atoms with Gasteiger partial charge in [0.05, 0.1) is 5.92 Å². The molecule has 3 heteroatoms. The van der Waals surface area contributed by atoms with Gasteiger partial charge in [0, 0.05) is 26.0 Å². The maximum atomic E-state index is 13.2. The third-order valence-electron chi connectivity index (χ3n) is 4.33. The van der Waals surface area contributed by atoms with Crippen LogP contribution >= 0.6 is 0 Å². The van der Waals surface area contributed by atoms with E-state index in [-0.39, 0.29) is 11.8 Å². The Morgan fingerprint density at radius 3 is 2.12 bits per heavy atom. The van der Waals surface area contributed by atoms with Crippen molar-refractivity contribution in [2.45, 2.75) is 18.9 Å². The van der Waals surface area contributed by atoms with E-state index in [0.717, 1.165) is 16.7 Å². The van der Waals surface area contributed by atoms with E-state index in [2.05, 4.69) is 4.98 Å². The van der Waals surface area contributed by atoms with Crippen molar-refractivity contribution in [3.63, 3.8) is 0 Å². The normalized spacial score (nSPS) is 11.7. The Morgan fingerprint density at radius 2 is 1.48 bits per heavy atom. The highest BCUT2D eigenvalue weighted by atomic mass is 16.2. The number of aromatic nitrogens is 1. The molecule has 2 aromatic carbocycles. The number of carbonyl (C=O) groups excluding carboxylic acids is 1. The van der Waals surface area contributed by atoms with Crippen LogP contribution in [0.25, 0.3) is 0 Å². The fraction of sp³-hybridized carbons (Fsp3) is 0.182. The molecule has 1 unspecified atom stereocenters. The monoisotopic (exact) mass is 330 g/mol. The summed E-state index contributed by atoms with van der Waals surface area (Å²) >= 11 is 0. The number of carbonyl (C=O) groups is 1. The number of hydrogen-bond donors (Lipinski definition) is 0. The van der Waals surface area contributed by atoms with Gasteiger partial charge >= 0.3 is 0 Å². The molecular weight excluding hydrogens is 308 g/mol. The minimum atomic E-state index is -0.197. The molecule has 126 valence electrons. The van der Waals surface area contributed by atoms with Crippen molar-refractivity contribution in [2.75, 3.05) is 7.05 Å². The first-order chi connectivity index (χ1) is 12.2. The van der Waals surface area contributed by atoms with Crippen LogP contribution in [0.15, 0.2) is 85.2 Å². The molecule has 1 atom stereocenters. The van der Waals surface area contributed by atoms with Crippen LogP contribution in [0.3, 0.4) is 0 Å². The van der Waals surface area contributed by atoms with Crippen LogP contribution < -0.4 is 0 Å². The smallest absolute Gasteiger partial charge is 0.230 e. The lowest BCUT2D eigenvalue weighted by Gasteiger charge is -2.24. The molecule has 0 fully saturated rings. The predicted octanol–water partition coefficient (Wildman–Crippen LogP) is 4.07. The van der Waals surface area contributed by atoms with Crippen LogP contribution in [0.4, 0.5) is 0 Å². The number of rotatable bonds is 6. The van der Waals surface area contributed by atoms with Crippen molar-refractivity contribution in [3.05, 3.63) is 102 Å². The second-order valence-corrected chi connectivity index (χ2v) is 6.20. The molecule has 0 aliphatic rings. The third kappa shape index (κ3) is 4.54. The molecule has 0 aliphatic carbocycles. The summed E-state index contributed by atoms with van der Waals surface area (Å²) in [5.41, 5.74) is 3.30. The molecule has 1 heterocycles. The van der Waals surface area contributed by atoms with E-state index in [0.29, 0.717) is 13.0 Å². The molecule has 1 aromatic heterocycles. The molecule has 0 radical (unpaired) electrons. The van der Waals surface area contributed by atoms with E-state index < -0.39 is 0 Å². The molecule has 0 aliphatic heterocycles. The Morgan fingerprint density at radius 1 is 0.880 bits per heavy atom. The number of amides is 1. The zero-order valence-electron chi connectivity index (χ0n) is 14.4. The summed E-state index contributed by atoms with van der Waals surface area (Å²) in [6, 6.07) is 24.0. The number of benzene rings is 2. The molecular formula is C22H22N2O. The first kappa shape index (κ1) is 16.9. The molecule has 0 bridgehead atoms. The number of likely N-dealkylation sites (N-methyl/N-ethyl adjacent to an activating group) is 1. The van der Waals surface area contributed by atoms with Gasteiger partial charge in [-0.15, -0.1) is 0 Å². The number of nitrogens with zero attached hydrogens (tertiary/aromatic N) is 2. The maximum absolute atomic E-state index is 13.2. The Kier molecular flexibility index (Phi) is 5.57. The Hall–Kier alpha value is -2.94. The van der Waals surface area contributed by atoms with Gasteiger partial charge < -0.3 is 4.90 Å². The molecule has 0 saturated heterocycles. The van der Waals surface area contributed by atoms with Crippen molar-refractivity contribution < 1.29 is 4.79 Å². The highest BCUT2D eigenvalue weighted by Gasteiger charge is 2.24. The van der Waals surface area contributed by atoms with E-state index in [1.165, 1.54) is 0 Å². The summed E-state index contributed by atoms with van der Waals surface area (Å²) in [6.45, 7) is 0.610. The molecule has 3 nitrogen and oxygen atoms in total. The topological polar surface area (TPSA) is 33.2 Å². The van der Waals surface area contributed by atoms with Gasteiger partial charge in [0.25, 0.3) is 0 Å². The summed E-state index contributed by atoms with van der Waals surface area (Å²) in [5.74, 6) is -0.0656. The van der Waals surface area contributed by atoms with Crippen LogP contribution in [0.2, 0.25) is 0 Å². The quantitative estimate of drug-likeness (QED) is 0.683. The van der Waals surface area contributed by atoms with Gasteiger partial charge in [0.2, 0.25) is 5.91 Å². The Labute approximate surface area is 149 Å². The molecule has 1 amide bonds. The second-order valence-electron chi connectivity index (χ2n) is 6.20. The van der Waals surface area contributed by atoms with E-state index in [9.17, 15) is 4.79 Å². The maximum Gasteiger partial charge on any atom is 0.230 e. The molecule has 0 spiro atoms. The molecule has 0 saturated carbocycles. The second kappa shape index (κ2) is 8.25. The minimum Gasteiger partial charge on any atom is -0.341 e. The van der Waals surface area contributed by atoms with E-state index in [1.807, 2.05) is 84.7 Å². The van der Waals surface area contributed by atoms with Crippen molar-refractivity contribution in [2.24, 2.45) is 0 Å². The summed E-state index contributed by atoms with van der Waals surface area (Å²) in [4.78, 5) is 19.0. The first-order valence-corrected chi connectivity index (χ1v) is 8.47. The predicted molar refractivity (Wildman–Crippen MR) is 100 cm³/mol. The van der Waals surface area contributed by atoms with Gasteiger partial charge in [0.1, 0.15) is 0 Å². The summed E-state index contributed by atoms with van der Waals surface area (Å²) in [6.07, 6.45) is 4.22. The Balaban J connectivity index is 1.81. The van der Waals surface area contributed by atoms with Gasteiger partial charge in [-0.05, 0) is 35.2 Å². The molecule has 25 heavy (non-hydrogen) atoms. The highest BCUT2D eigenvalue weighted by Crippen LogP contribution is 2.23. The fourth-order valence-electron chi connectivity index (χ4n) is 2.99. The number of pyridine rings is 1. The van der Waals surface area contributed by atoms with Crippen molar-refractivity contribution in [1.29, 1.82) is 0 Å². The van der Waals surface area contributed by atoms with Crippen LogP contribution in [-0.4, -0.2) is 22.8 Å². The summed E-state index contributed by atoms with van der Waals surface area (Å²) < 4.78 is 0. The van der Waals surface area contributed by atoms with Crippen LogP contribution in [0.5, 0.6) is 0 Å². The van der Waals surface area contributed by atoms with Crippen LogP contribution in [0, 0.1) is 0 Å². The van der Waals surface area contributed by atoms with Gasteiger partial charge in [-0.2, -0.15) is 0 Å². The summed E-state index contributed by atoms with van der Waals surface area (Å²) in [5, 5.41) is 0. The van der Waals surface area contributed by atoms with Crippen LogP contribution in [0.1, 0.15) is 22.6 Å². The van der Waals surface area contributed by atoms with Crippen molar-refractivity contribution in [1.82, 2.24) is 9.88 Å². The van der Waals surface area contributed by atoms with E-state index in [1.54, 1.807) is 12.4 Å². The van der Waals surface area contributed by atoms with Gasteiger partial charge in [-0.3, -0.25) is 9.78 Å². The SMILES string of the molecule is CN(Cc1ccccc1)C(=O)C(Cc1ccncc1)c1ccccc1. The lowest BCUT2D eigenvalue weighted by atomic mass is 9.91. The van der Waals surface area contributed by atoms with Gasteiger partial charge in [-0.1, -0.05) is 60.7 Å². The summed E-state index contributed by atoms with van der Waals surface area (Å²) in [7, 11) is 1.87. The lowest BCUT2D eigenvalue weighted by molar-refractivity contribution is -0.132. The van der Waals surface area contributed by atoms with E-state index >= 15 is 0 Å². The largest absolute Gasteiger partial charge is 0.341 e. The zero-order valence-corrected chi connectivity index (χ0v) is 14.4. The molecule has 0 N–H and O–H groups in total. The van der Waals surface area contributed by atoms with Gasteiger partial charge in [0.15, 0.2) is 0 Å². The molecule has 3 aromatic rings. The highest BCUT2D eigenvalue weighted by molar-refractivity contribution is 5.83. The standard InChI is InChI=1S/C22H22N2O/c1-24(17-19-8-4-2-5-9-19)22(25)21(20-10-6-3-7-11-20)16-18-12-14-23-15-13-18/h2-15,21H,16-17H2,1H3. The third-order valence-corrected chi connectivity index (χ3v) is 4.33. The fourth-order valence-corrected chi connectivity index (χ4v) is 2.99. The average Bonchev–Trinajstić information content (AvgIpc) is 2.68. The van der Waals surface area contributed by atoms with Crippen LogP contribution in [-0.2, 0) is 17.8 Å². The van der Waals surface area contributed by atoms with Crippen molar-refractivity contribution in [3.8, 4) is 0 Å². The number of hydrogen-bond acceptors (Lipinski definition) is 2.